The fourth-order valence-corrected chi connectivity index (χ4v) is 3.81. The van der Waals surface area contributed by atoms with Crippen molar-refractivity contribution in [1.82, 2.24) is 24.5 Å². The Kier molecular flexibility index (Phi) is 7.22. The Labute approximate surface area is 203 Å². The molecule has 0 spiro atoms. The average molecular weight is 516 g/mol. The summed E-state index contributed by atoms with van der Waals surface area (Å²) in [6.45, 7) is 3.30. The van der Waals surface area contributed by atoms with E-state index in [0.29, 0.717) is 0 Å². The number of aryl methyl sites for hydroxylation is 1. The van der Waals surface area contributed by atoms with Gasteiger partial charge in [-0.2, -0.15) is 23.4 Å². The van der Waals surface area contributed by atoms with Crippen molar-refractivity contribution in [3.8, 4) is 5.69 Å². The second-order valence-electron chi connectivity index (χ2n) is 8.16. The van der Waals surface area contributed by atoms with Gasteiger partial charge in [0.25, 0.3) is 0 Å². The third kappa shape index (κ3) is 5.52. The predicted octanol–water partition coefficient (Wildman–Crippen LogP) is 1.03. The van der Waals surface area contributed by atoms with Crippen molar-refractivity contribution >= 4 is 24.2 Å². The summed E-state index contributed by atoms with van der Waals surface area (Å²) in [6, 6.07) is 3.08. The molecule has 3 heterocycles. The van der Waals surface area contributed by atoms with Crippen LogP contribution in [0, 0.1) is 6.92 Å². The number of alkyl halides is 3. The molecule has 0 aliphatic carbocycles. The lowest BCUT2D eigenvalue weighted by atomic mass is 9.83. The van der Waals surface area contributed by atoms with Crippen molar-refractivity contribution in [1.29, 1.82) is 0 Å². The minimum absolute atomic E-state index is 0.0535. The van der Waals surface area contributed by atoms with Crippen LogP contribution in [0.3, 0.4) is 0 Å². The maximum absolute atomic E-state index is 13.8. The quantitative estimate of drug-likeness (QED) is 0.380. The fourth-order valence-electron chi connectivity index (χ4n) is 3.64. The molecule has 1 aliphatic rings. The number of ether oxygens (including phenoxy) is 2. The molecule has 0 saturated carbocycles. The molecule has 1 aliphatic heterocycles. The van der Waals surface area contributed by atoms with Gasteiger partial charge < -0.3 is 24.6 Å². The van der Waals surface area contributed by atoms with Crippen LogP contribution in [-0.4, -0.2) is 71.7 Å². The van der Waals surface area contributed by atoms with Gasteiger partial charge in [-0.3, -0.25) is 4.68 Å². The van der Waals surface area contributed by atoms with Crippen molar-refractivity contribution in [3.63, 3.8) is 0 Å². The first kappa shape index (κ1) is 25.6. The van der Waals surface area contributed by atoms with Gasteiger partial charge in [0.15, 0.2) is 5.82 Å². The lowest BCUT2D eigenvalue weighted by Crippen LogP contribution is -2.47. The van der Waals surface area contributed by atoms with Crippen LogP contribution in [0.1, 0.15) is 30.2 Å². The predicted molar refractivity (Wildman–Crippen MR) is 117 cm³/mol. The van der Waals surface area contributed by atoms with Crippen molar-refractivity contribution in [3.05, 3.63) is 52.8 Å². The van der Waals surface area contributed by atoms with Crippen LogP contribution in [-0.2, 0) is 22.2 Å². The summed E-state index contributed by atoms with van der Waals surface area (Å²) >= 11 is 6.01. The van der Waals surface area contributed by atoms with E-state index in [0.717, 1.165) is 22.9 Å². The highest BCUT2D eigenvalue weighted by atomic mass is 35.5. The van der Waals surface area contributed by atoms with Crippen LogP contribution < -0.4 is 5.46 Å². The molecule has 4 rings (SSSR count). The van der Waals surface area contributed by atoms with Gasteiger partial charge in [-0.1, -0.05) is 11.6 Å². The number of aromatic nitrogens is 5. The van der Waals surface area contributed by atoms with Crippen LogP contribution in [0.5, 0.6) is 0 Å². The van der Waals surface area contributed by atoms with E-state index in [2.05, 4.69) is 15.2 Å². The number of aliphatic hydroxyl groups is 1. The lowest BCUT2D eigenvalue weighted by Gasteiger charge is -2.37. The molecular weight excluding hydrogens is 494 g/mol. The first-order valence-electron chi connectivity index (χ1n) is 10.6. The van der Waals surface area contributed by atoms with E-state index in [1.54, 1.807) is 6.92 Å². The molecule has 15 heteroatoms. The maximum atomic E-state index is 13.8. The number of nitrogens with zero attached hydrogens (tertiary/aromatic N) is 5. The Hall–Kier alpha value is -2.49. The van der Waals surface area contributed by atoms with E-state index < -0.39 is 37.2 Å². The zero-order chi connectivity index (χ0) is 25.5. The highest BCUT2D eigenvalue weighted by molar-refractivity contribution is 6.58. The smallest absolute Gasteiger partial charge is 0.423 e. The summed E-state index contributed by atoms with van der Waals surface area (Å²) in [5, 5.41) is 37.9. The molecule has 3 aromatic rings. The molecular formula is C20H22BClF3N5O5. The molecule has 1 saturated heterocycles. The second-order valence-corrected chi connectivity index (χ2v) is 8.59. The van der Waals surface area contributed by atoms with Gasteiger partial charge in [0.05, 0.1) is 30.5 Å². The second kappa shape index (κ2) is 9.87. The van der Waals surface area contributed by atoms with E-state index in [-0.39, 0.29) is 47.1 Å². The van der Waals surface area contributed by atoms with Crippen LogP contribution >= 0.6 is 11.6 Å². The topological polar surface area (TPSA) is 128 Å². The summed E-state index contributed by atoms with van der Waals surface area (Å²) in [5.74, 6) is 0.0769. The SMILES string of the molecule is Cc1nc(C(OC2COC2C)[C@@H](O)Cn2cc(B(O)O)cn2)n(-c2cc(Cl)ccc2C(F)(F)F)n1. The van der Waals surface area contributed by atoms with E-state index in [4.69, 9.17) is 21.1 Å². The number of rotatable bonds is 8. The van der Waals surface area contributed by atoms with Crippen molar-refractivity contribution < 1.29 is 37.8 Å². The first-order chi connectivity index (χ1) is 16.4. The Morgan fingerprint density at radius 3 is 2.66 bits per heavy atom. The van der Waals surface area contributed by atoms with Gasteiger partial charge in [0.1, 0.15) is 24.1 Å². The number of aliphatic hydroxyl groups excluding tert-OH is 1. The zero-order valence-electron chi connectivity index (χ0n) is 18.6. The first-order valence-corrected chi connectivity index (χ1v) is 11.0. The highest BCUT2D eigenvalue weighted by Crippen LogP contribution is 2.37. The Balaban J connectivity index is 1.75. The van der Waals surface area contributed by atoms with Crippen LogP contribution in [0.4, 0.5) is 13.2 Å². The molecule has 35 heavy (non-hydrogen) atoms. The van der Waals surface area contributed by atoms with Gasteiger partial charge in [0.2, 0.25) is 0 Å². The normalized spacial score (nSPS) is 19.9. The lowest BCUT2D eigenvalue weighted by molar-refractivity contribution is -0.218. The molecule has 0 bridgehead atoms. The summed E-state index contributed by atoms with van der Waals surface area (Å²) in [7, 11) is -1.75. The minimum atomic E-state index is -4.71. The zero-order valence-corrected chi connectivity index (χ0v) is 19.3. The highest BCUT2D eigenvalue weighted by Gasteiger charge is 2.39. The molecule has 3 unspecified atom stereocenters. The molecule has 2 aromatic heterocycles. The fraction of sp³-hybridized carbons (Fsp3) is 0.450. The number of hydrogen-bond acceptors (Lipinski definition) is 8. The summed E-state index contributed by atoms with van der Waals surface area (Å²) < 4.78 is 55.0. The number of halogens is 4. The number of benzene rings is 1. The summed E-state index contributed by atoms with van der Waals surface area (Å²) in [4.78, 5) is 4.28. The van der Waals surface area contributed by atoms with E-state index in [1.807, 2.05) is 0 Å². The molecule has 0 radical (unpaired) electrons. The molecule has 3 N–H and O–H groups in total. The molecule has 1 aromatic carbocycles. The molecule has 4 atom stereocenters. The van der Waals surface area contributed by atoms with Gasteiger partial charge in [-0.15, -0.1) is 0 Å². The molecule has 188 valence electrons. The molecule has 0 amide bonds. The van der Waals surface area contributed by atoms with Crippen LogP contribution in [0.25, 0.3) is 5.69 Å². The van der Waals surface area contributed by atoms with E-state index in [9.17, 15) is 28.3 Å². The van der Waals surface area contributed by atoms with Crippen LogP contribution in [0.2, 0.25) is 5.02 Å². The van der Waals surface area contributed by atoms with Crippen molar-refractivity contribution in [2.24, 2.45) is 0 Å². The van der Waals surface area contributed by atoms with Crippen molar-refractivity contribution in [2.45, 2.75) is 51.0 Å². The Bertz CT molecular complexity index is 1190. The van der Waals surface area contributed by atoms with Gasteiger partial charge >= 0.3 is 13.3 Å². The van der Waals surface area contributed by atoms with E-state index in [1.165, 1.54) is 24.0 Å². The third-order valence-electron chi connectivity index (χ3n) is 5.53. The maximum Gasteiger partial charge on any atom is 0.491 e. The van der Waals surface area contributed by atoms with Gasteiger partial charge in [-0.05, 0) is 32.0 Å². The standard InChI is InChI=1S/C20H22BClF3N5O5/c1-10-17(9-34-10)35-18(16(31)8-29-7-12(6-26-29)21(32)33)19-27-11(2)28-30(19)15-5-13(22)3-4-14(15)20(23,24)25/h3-7,10,16-18,31-33H,8-9H2,1-2H3/t10?,16-,17?,18?/m0/s1. The summed E-state index contributed by atoms with van der Waals surface area (Å²) in [5.41, 5.74) is -1.26. The Morgan fingerprint density at radius 1 is 1.34 bits per heavy atom. The summed E-state index contributed by atoms with van der Waals surface area (Å²) in [6.07, 6.45) is -5.53. The molecule has 1 fully saturated rings. The van der Waals surface area contributed by atoms with E-state index >= 15 is 0 Å². The molecule has 10 nitrogen and oxygen atoms in total. The number of hydrogen-bond donors (Lipinski definition) is 3. The van der Waals surface area contributed by atoms with Gasteiger partial charge in [0, 0.05) is 22.9 Å². The average Bonchev–Trinajstić information content (AvgIpc) is 3.38. The monoisotopic (exact) mass is 515 g/mol. The largest absolute Gasteiger partial charge is 0.491 e. The third-order valence-corrected chi connectivity index (χ3v) is 5.76. The van der Waals surface area contributed by atoms with Gasteiger partial charge in [-0.25, -0.2) is 9.67 Å². The Morgan fingerprint density at radius 2 is 2.09 bits per heavy atom. The minimum Gasteiger partial charge on any atom is -0.423 e. The van der Waals surface area contributed by atoms with Crippen LogP contribution in [0.15, 0.2) is 30.6 Å². The van der Waals surface area contributed by atoms with Crippen molar-refractivity contribution in [2.75, 3.05) is 6.61 Å².